The largest absolute Gasteiger partial charge is 0.467 e. The predicted molar refractivity (Wildman–Crippen MR) is 98.6 cm³/mol. The van der Waals surface area contributed by atoms with E-state index in [0.29, 0.717) is 11.4 Å². The molecule has 28 heavy (non-hydrogen) atoms. The fourth-order valence-corrected chi connectivity index (χ4v) is 2.60. The summed E-state index contributed by atoms with van der Waals surface area (Å²) < 4.78 is 29.8. The van der Waals surface area contributed by atoms with Crippen LogP contribution in [0, 0.1) is 5.82 Å². The summed E-state index contributed by atoms with van der Waals surface area (Å²) in [7, 11) is 0. The molecular weight excluding hydrogens is 363 g/mol. The van der Waals surface area contributed by atoms with E-state index in [1.165, 1.54) is 35.8 Å². The van der Waals surface area contributed by atoms with Crippen LogP contribution in [0.25, 0.3) is 0 Å². The van der Waals surface area contributed by atoms with Gasteiger partial charge in [0.2, 0.25) is 5.88 Å². The van der Waals surface area contributed by atoms with Gasteiger partial charge in [0, 0.05) is 6.07 Å². The van der Waals surface area contributed by atoms with Crippen molar-refractivity contribution in [3.63, 3.8) is 0 Å². The highest BCUT2D eigenvalue weighted by atomic mass is 19.1. The Labute approximate surface area is 159 Å². The number of aromatic nitrogens is 1. The van der Waals surface area contributed by atoms with E-state index in [2.05, 4.69) is 4.98 Å². The third kappa shape index (κ3) is 3.78. The number of carbonyl (C=O) groups is 1. The van der Waals surface area contributed by atoms with Gasteiger partial charge in [0.15, 0.2) is 17.3 Å². The number of pyridine rings is 1. The number of carbonyl (C=O) groups excluding carboxylic acids is 1. The minimum Gasteiger partial charge on any atom is -0.467 e. The zero-order valence-electron chi connectivity index (χ0n) is 14.6. The second-order valence-corrected chi connectivity index (χ2v) is 5.84. The van der Waals surface area contributed by atoms with Crippen LogP contribution in [0.4, 0.5) is 10.1 Å². The molecule has 0 saturated heterocycles. The molecule has 4 rings (SSSR count). The van der Waals surface area contributed by atoms with Crippen molar-refractivity contribution in [2.45, 2.75) is 6.54 Å². The molecular formula is C21H15FN2O4. The summed E-state index contributed by atoms with van der Waals surface area (Å²) in [6, 6.07) is 16.0. The van der Waals surface area contributed by atoms with E-state index < -0.39 is 5.82 Å². The van der Waals surface area contributed by atoms with Gasteiger partial charge in [-0.15, -0.1) is 0 Å². The lowest BCUT2D eigenvalue weighted by Gasteiger charge is -2.20. The van der Waals surface area contributed by atoms with Crippen molar-refractivity contribution >= 4 is 11.6 Å². The van der Waals surface area contributed by atoms with E-state index in [0.717, 1.165) is 0 Å². The van der Waals surface area contributed by atoms with Gasteiger partial charge in [-0.3, -0.25) is 9.69 Å². The number of furan rings is 2. The molecule has 3 heterocycles. The van der Waals surface area contributed by atoms with Crippen LogP contribution in [0.2, 0.25) is 0 Å². The number of ether oxygens (including phenoxy) is 1. The van der Waals surface area contributed by atoms with Crippen LogP contribution in [0.5, 0.6) is 11.6 Å². The summed E-state index contributed by atoms with van der Waals surface area (Å²) in [5.74, 6) is 0.246. The van der Waals surface area contributed by atoms with Gasteiger partial charge in [-0.25, -0.2) is 9.37 Å². The fourth-order valence-electron chi connectivity index (χ4n) is 2.60. The van der Waals surface area contributed by atoms with Crippen LogP contribution in [0.1, 0.15) is 16.3 Å². The molecule has 0 N–H and O–H groups in total. The average Bonchev–Trinajstić information content (AvgIpc) is 3.42. The third-order valence-electron chi connectivity index (χ3n) is 3.95. The highest BCUT2D eigenvalue weighted by Gasteiger charge is 2.22. The van der Waals surface area contributed by atoms with E-state index >= 15 is 0 Å². The molecule has 0 aliphatic rings. The molecule has 0 aliphatic carbocycles. The second kappa shape index (κ2) is 7.79. The molecule has 0 radical (unpaired) electrons. The average molecular weight is 378 g/mol. The molecule has 3 aromatic heterocycles. The normalized spacial score (nSPS) is 10.6. The Hall–Kier alpha value is -3.87. The molecule has 7 heteroatoms. The number of para-hydroxylation sites is 1. The Morgan fingerprint density at radius 2 is 1.82 bits per heavy atom. The SMILES string of the molecule is O=C(c1ccco1)N(Cc1ccco1)c1ccc(Oc2ccccc2F)nc1. The predicted octanol–water partition coefficient (Wildman–Crippen LogP) is 5.05. The summed E-state index contributed by atoms with van der Waals surface area (Å²) in [5, 5.41) is 0. The first-order chi connectivity index (χ1) is 13.7. The molecule has 0 fully saturated rings. The van der Waals surface area contributed by atoms with Crippen molar-refractivity contribution in [3.05, 3.63) is 96.7 Å². The summed E-state index contributed by atoms with van der Waals surface area (Å²) in [4.78, 5) is 18.5. The van der Waals surface area contributed by atoms with Crippen LogP contribution in [-0.4, -0.2) is 10.9 Å². The number of nitrogens with zero attached hydrogens (tertiary/aromatic N) is 2. The quantitative estimate of drug-likeness (QED) is 0.470. The Balaban J connectivity index is 1.59. The molecule has 4 aromatic rings. The first-order valence-electron chi connectivity index (χ1n) is 8.47. The molecule has 1 aromatic carbocycles. The lowest BCUT2D eigenvalue weighted by atomic mass is 10.3. The summed E-state index contributed by atoms with van der Waals surface area (Å²) in [6.07, 6.45) is 4.44. The number of benzene rings is 1. The van der Waals surface area contributed by atoms with Gasteiger partial charge >= 0.3 is 0 Å². The van der Waals surface area contributed by atoms with Gasteiger partial charge in [0.1, 0.15) is 5.76 Å². The lowest BCUT2D eigenvalue weighted by molar-refractivity contribution is 0.0956. The minimum atomic E-state index is -0.485. The van der Waals surface area contributed by atoms with Crippen molar-refractivity contribution < 1.29 is 22.8 Å². The standard InChI is InChI=1S/C21H15FN2O4/c22-17-6-1-2-7-18(17)28-20-10-9-15(13-23-20)24(14-16-5-3-11-26-16)21(25)19-8-4-12-27-19/h1-13H,14H2. The zero-order valence-corrected chi connectivity index (χ0v) is 14.6. The van der Waals surface area contributed by atoms with E-state index in [-0.39, 0.29) is 29.8 Å². The molecule has 0 atom stereocenters. The highest BCUT2D eigenvalue weighted by Crippen LogP contribution is 2.26. The third-order valence-corrected chi connectivity index (χ3v) is 3.95. The van der Waals surface area contributed by atoms with Gasteiger partial charge < -0.3 is 13.6 Å². The molecule has 0 unspecified atom stereocenters. The van der Waals surface area contributed by atoms with Crippen LogP contribution >= 0.6 is 0 Å². The Bertz CT molecular complexity index is 1040. The van der Waals surface area contributed by atoms with Gasteiger partial charge in [0.25, 0.3) is 5.91 Å². The lowest BCUT2D eigenvalue weighted by Crippen LogP contribution is -2.30. The van der Waals surface area contributed by atoms with Gasteiger partial charge in [-0.05, 0) is 42.5 Å². The maximum absolute atomic E-state index is 13.7. The smallest absolute Gasteiger partial charge is 0.294 e. The van der Waals surface area contributed by atoms with Crippen molar-refractivity contribution in [2.75, 3.05) is 4.90 Å². The van der Waals surface area contributed by atoms with E-state index in [1.54, 1.807) is 48.5 Å². The number of anilines is 1. The van der Waals surface area contributed by atoms with Crippen LogP contribution in [-0.2, 0) is 6.54 Å². The summed E-state index contributed by atoms with van der Waals surface area (Å²) in [6.45, 7) is 0.196. The van der Waals surface area contributed by atoms with Crippen LogP contribution in [0.15, 0.2) is 88.2 Å². The Kier molecular flexibility index (Phi) is 4.88. The highest BCUT2D eigenvalue weighted by molar-refractivity contribution is 6.03. The van der Waals surface area contributed by atoms with Crippen LogP contribution in [0.3, 0.4) is 0 Å². The van der Waals surface area contributed by atoms with Gasteiger partial charge in [-0.1, -0.05) is 12.1 Å². The maximum Gasteiger partial charge on any atom is 0.294 e. The van der Waals surface area contributed by atoms with E-state index in [1.807, 2.05) is 0 Å². The molecule has 140 valence electrons. The zero-order chi connectivity index (χ0) is 19.3. The fraction of sp³-hybridized carbons (Fsp3) is 0.0476. The topological polar surface area (TPSA) is 68.7 Å². The van der Waals surface area contributed by atoms with Crippen molar-refractivity contribution in [3.8, 4) is 11.6 Å². The molecule has 0 spiro atoms. The summed E-state index contributed by atoms with van der Waals surface area (Å²) >= 11 is 0. The Morgan fingerprint density at radius 1 is 1.00 bits per heavy atom. The van der Waals surface area contributed by atoms with E-state index in [4.69, 9.17) is 13.6 Å². The van der Waals surface area contributed by atoms with Crippen LogP contribution < -0.4 is 9.64 Å². The minimum absolute atomic E-state index is 0.0712. The molecule has 0 saturated carbocycles. The van der Waals surface area contributed by atoms with Crippen molar-refractivity contribution in [1.82, 2.24) is 4.98 Å². The number of hydrogen-bond acceptors (Lipinski definition) is 5. The van der Waals surface area contributed by atoms with Gasteiger partial charge in [0.05, 0.1) is 31.0 Å². The summed E-state index contributed by atoms with van der Waals surface area (Å²) in [5.41, 5.74) is 0.513. The maximum atomic E-state index is 13.7. The molecule has 0 bridgehead atoms. The van der Waals surface area contributed by atoms with E-state index in [9.17, 15) is 9.18 Å². The Morgan fingerprint density at radius 3 is 2.50 bits per heavy atom. The second-order valence-electron chi connectivity index (χ2n) is 5.84. The number of halogens is 1. The first-order valence-corrected chi connectivity index (χ1v) is 8.47. The molecule has 1 amide bonds. The first kappa shape index (κ1) is 17.5. The monoisotopic (exact) mass is 378 g/mol. The molecule has 6 nitrogen and oxygen atoms in total. The number of rotatable bonds is 6. The number of amides is 1. The molecule has 0 aliphatic heterocycles. The number of hydrogen-bond donors (Lipinski definition) is 0. The van der Waals surface area contributed by atoms with Crippen molar-refractivity contribution in [2.24, 2.45) is 0 Å². The van der Waals surface area contributed by atoms with Crippen molar-refractivity contribution in [1.29, 1.82) is 0 Å². The van der Waals surface area contributed by atoms with Gasteiger partial charge in [-0.2, -0.15) is 0 Å².